The van der Waals surface area contributed by atoms with Crippen molar-refractivity contribution >= 4 is 16.5 Å². The van der Waals surface area contributed by atoms with Gasteiger partial charge in [-0.3, -0.25) is 9.69 Å². The van der Waals surface area contributed by atoms with Gasteiger partial charge in [-0.05, 0) is 5.56 Å². The Bertz CT molecular complexity index is 1070. The van der Waals surface area contributed by atoms with Crippen LogP contribution in [0.2, 0.25) is 0 Å². The van der Waals surface area contributed by atoms with Crippen LogP contribution in [0.5, 0.6) is 0 Å². The smallest absolute Gasteiger partial charge is 0.308 e. The Balaban J connectivity index is 1.88. The Morgan fingerprint density at radius 1 is 0.966 bits per heavy atom. The van der Waals surface area contributed by atoms with Gasteiger partial charge in [0.25, 0.3) is 0 Å². The van der Waals surface area contributed by atoms with Crippen molar-refractivity contribution in [1.82, 2.24) is 27.7 Å². The number of imidazole rings is 2. The van der Waals surface area contributed by atoms with Crippen LogP contribution in [0.25, 0.3) is 0 Å². The maximum absolute atomic E-state index is 12.6. The molecule has 0 aliphatic carbocycles. The maximum atomic E-state index is 12.6. The van der Waals surface area contributed by atoms with Crippen molar-refractivity contribution in [3.8, 4) is 0 Å². The van der Waals surface area contributed by atoms with Gasteiger partial charge in [0, 0.05) is 58.0 Å². The zero-order valence-corrected chi connectivity index (χ0v) is 17.5. The third-order valence-corrected chi connectivity index (χ3v) is 6.32. The van der Waals surface area contributed by atoms with Crippen molar-refractivity contribution in [2.75, 3.05) is 14.1 Å². The highest BCUT2D eigenvalue weighted by Gasteiger charge is 2.22. The molecule has 0 unspecified atom stereocenters. The lowest BCUT2D eigenvalue weighted by atomic mass is 10.1. The van der Waals surface area contributed by atoms with Crippen LogP contribution in [0.4, 0.5) is 0 Å². The molecule has 0 radical (unpaired) electrons. The van der Waals surface area contributed by atoms with E-state index in [-0.39, 0.29) is 0 Å². The van der Waals surface area contributed by atoms with Crippen LogP contribution in [0.1, 0.15) is 27.6 Å². The maximum Gasteiger partial charge on any atom is 0.308 e. The van der Waals surface area contributed by atoms with Crippen molar-refractivity contribution in [3.05, 3.63) is 71.8 Å². The van der Waals surface area contributed by atoms with Crippen molar-refractivity contribution in [2.24, 2.45) is 7.05 Å². The zero-order valence-electron chi connectivity index (χ0n) is 16.6. The van der Waals surface area contributed by atoms with Gasteiger partial charge in [0.05, 0.1) is 13.1 Å². The second kappa shape index (κ2) is 8.68. The first-order valence-corrected chi connectivity index (χ1v) is 10.4. The van der Waals surface area contributed by atoms with Crippen LogP contribution in [-0.4, -0.2) is 56.5 Å². The van der Waals surface area contributed by atoms with E-state index in [1.807, 2.05) is 29.9 Å². The molecule has 3 rings (SSSR count). The molecule has 0 aliphatic rings. The summed E-state index contributed by atoms with van der Waals surface area (Å²) in [6.07, 6.45) is 7.32. The second-order valence-corrected chi connectivity index (χ2v) is 8.91. The standard InChI is InChI=1S/C19H24N6O3S/c1-22(2)29(27,28)25-11-9-21-19(25)14-24(13-18-20-8-10-23(18)3)12-16-4-6-17(15-26)7-5-16/h4-11,15H,12-14H2,1-3H3. The van der Waals surface area contributed by atoms with Gasteiger partial charge in [-0.25, -0.2) is 13.9 Å². The second-order valence-electron chi connectivity index (χ2n) is 6.89. The minimum absolute atomic E-state index is 0.308. The largest absolute Gasteiger partial charge is 0.337 e. The molecule has 0 N–H and O–H groups in total. The molecule has 0 fully saturated rings. The zero-order chi connectivity index (χ0) is 21.0. The minimum atomic E-state index is -3.66. The van der Waals surface area contributed by atoms with E-state index in [2.05, 4.69) is 14.9 Å². The Hall–Kier alpha value is -2.82. The van der Waals surface area contributed by atoms with Gasteiger partial charge in [-0.15, -0.1) is 0 Å². The number of hydrogen-bond donors (Lipinski definition) is 0. The molecular formula is C19H24N6O3S. The molecule has 154 valence electrons. The van der Waals surface area contributed by atoms with Gasteiger partial charge in [0.2, 0.25) is 0 Å². The number of hydrogen-bond acceptors (Lipinski definition) is 6. The van der Waals surface area contributed by atoms with Crippen molar-refractivity contribution < 1.29 is 13.2 Å². The van der Waals surface area contributed by atoms with E-state index in [0.717, 1.165) is 22.0 Å². The molecule has 0 amide bonds. The van der Waals surface area contributed by atoms with E-state index < -0.39 is 10.2 Å². The molecule has 10 heteroatoms. The van der Waals surface area contributed by atoms with Crippen LogP contribution in [0, 0.1) is 0 Å². The molecule has 3 aromatic rings. The van der Waals surface area contributed by atoms with Crippen LogP contribution in [0.15, 0.2) is 49.1 Å². The predicted molar refractivity (Wildman–Crippen MR) is 108 cm³/mol. The van der Waals surface area contributed by atoms with Gasteiger partial charge in [-0.2, -0.15) is 12.7 Å². The third kappa shape index (κ3) is 4.78. The summed E-state index contributed by atoms with van der Waals surface area (Å²) >= 11 is 0. The van der Waals surface area contributed by atoms with Crippen LogP contribution in [-0.2, 0) is 36.9 Å². The van der Waals surface area contributed by atoms with Crippen LogP contribution < -0.4 is 0 Å². The quantitative estimate of drug-likeness (QED) is 0.488. The summed E-state index contributed by atoms with van der Waals surface area (Å²) in [4.78, 5) is 21.6. The molecule has 9 nitrogen and oxygen atoms in total. The fraction of sp³-hybridized carbons (Fsp3) is 0.316. The van der Waals surface area contributed by atoms with Crippen molar-refractivity contribution in [3.63, 3.8) is 0 Å². The van der Waals surface area contributed by atoms with Crippen molar-refractivity contribution in [2.45, 2.75) is 19.6 Å². The monoisotopic (exact) mass is 416 g/mol. The van der Waals surface area contributed by atoms with Gasteiger partial charge >= 0.3 is 10.2 Å². The highest BCUT2D eigenvalue weighted by atomic mass is 32.2. The molecule has 1 aromatic carbocycles. The Morgan fingerprint density at radius 3 is 2.17 bits per heavy atom. The average molecular weight is 417 g/mol. The number of aromatic nitrogens is 4. The summed E-state index contributed by atoms with van der Waals surface area (Å²) < 4.78 is 29.4. The average Bonchev–Trinajstić information content (AvgIpc) is 3.32. The fourth-order valence-corrected chi connectivity index (χ4v) is 3.83. The number of aldehydes is 1. The third-order valence-electron chi connectivity index (χ3n) is 4.56. The van der Waals surface area contributed by atoms with E-state index in [1.165, 1.54) is 30.5 Å². The molecule has 29 heavy (non-hydrogen) atoms. The number of aryl methyl sites for hydroxylation is 1. The SMILES string of the molecule is CN(C)S(=O)(=O)n1ccnc1CN(Cc1ccc(C=O)cc1)Cc1nccn1C. The Kier molecular flexibility index (Phi) is 6.26. The Labute approximate surface area is 170 Å². The molecule has 2 aromatic heterocycles. The van der Waals surface area contributed by atoms with Gasteiger partial charge in [0.1, 0.15) is 17.9 Å². The predicted octanol–water partition coefficient (Wildman–Crippen LogP) is 1.29. The van der Waals surface area contributed by atoms with E-state index in [4.69, 9.17) is 0 Å². The summed E-state index contributed by atoms with van der Waals surface area (Å²) in [5.74, 6) is 1.26. The van der Waals surface area contributed by atoms with E-state index >= 15 is 0 Å². The topological polar surface area (TPSA) is 93.3 Å². The number of nitrogens with zero attached hydrogens (tertiary/aromatic N) is 6. The lowest BCUT2D eigenvalue weighted by molar-refractivity contribution is 0.112. The van der Waals surface area contributed by atoms with Gasteiger partial charge < -0.3 is 4.57 Å². The van der Waals surface area contributed by atoms with Crippen LogP contribution >= 0.6 is 0 Å². The van der Waals surface area contributed by atoms with Crippen molar-refractivity contribution in [1.29, 1.82) is 0 Å². The lowest BCUT2D eigenvalue weighted by Crippen LogP contribution is -2.32. The summed E-state index contributed by atoms with van der Waals surface area (Å²) in [6, 6.07) is 7.30. The van der Waals surface area contributed by atoms with E-state index in [0.29, 0.717) is 31.0 Å². The molecule has 0 saturated carbocycles. The summed E-state index contributed by atoms with van der Waals surface area (Å²) in [7, 11) is 1.22. The molecule has 0 atom stereocenters. The van der Waals surface area contributed by atoms with Gasteiger partial charge in [-0.1, -0.05) is 24.3 Å². The Morgan fingerprint density at radius 2 is 1.59 bits per heavy atom. The van der Waals surface area contributed by atoms with Gasteiger partial charge in [0.15, 0.2) is 0 Å². The van der Waals surface area contributed by atoms with Crippen LogP contribution in [0.3, 0.4) is 0 Å². The molecule has 2 heterocycles. The highest BCUT2D eigenvalue weighted by Crippen LogP contribution is 2.15. The van der Waals surface area contributed by atoms with E-state index in [9.17, 15) is 13.2 Å². The summed E-state index contributed by atoms with van der Waals surface area (Å²) in [5, 5.41) is 0. The highest BCUT2D eigenvalue weighted by molar-refractivity contribution is 7.87. The minimum Gasteiger partial charge on any atom is -0.337 e. The first kappa shape index (κ1) is 20.9. The van der Waals surface area contributed by atoms with E-state index in [1.54, 1.807) is 18.3 Å². The molecule has 0 bridgehead atoms. The molecule has 0 saturated heterocycles. The number of rotatable bonds is 9. The first-order valence-electron chi connectivity index (χ1n) is 8.99. The molecule has 0 aliphatic heterocycles. The number of carbonyl (C=O) groups is 1. The first-order chi connectivity index (χ1) is 13.8. The normalized spacial score (nSPS) is 12.0. The number of carbonyl (C=O) groups excluding carboxylic acids is 1. The fourth-order valence-electron chi connectivity index (χ4n) is 2.90. The summed E-state index contributed by atoms with van der Waals surface area (Å²) in [6.45, 7) is 1.36. The summed E-state index contributed by atoms with van der Waals surface area (Å²) in [5.41, 5.74) is 1.61. The lowest BCUT2D eigenvalue weighted by Gasteiger charge is -2.23. The molecular weight excluding hydrogens is 392 g/mol. The number of benzene rings is 1. The molecule has 0 spiro atoms.